The Balaban J connectivity index is -0.000000947. The Hall–Kier alpha value is 0.330. The first-order valence-electron chi connectivity index (χ1n) is 29.3. The lowest BCUT2D eigenvalue weighted by Gasteiger charge is -2.05. The number of rotatable bonds is 54. The SMILES string of the molecule is CCCCCCCCCCCCCCCCCCOP(=O)(O)O.CCCCCCCCCCCCCCCCCCOP(=O)(O)O.CCCCCCCCCCCCCCCCCCOP(=O)(O)O. The van der Waals surface area contributed by atoms with Crippen LogP contribution < -0.4 is 0 Å². The maximum atomic E-state index is 10.5. The Morgan fingerprint density at radius 3 is 0.406 bits per heavy atom. The van der Waals surface area contributed by atoms with E-state index in [1.165, 1.54) is 250 Å². The summed E-state index contributed by atoms with van der Waals surface area (Å²) in [6.45, 7) is 7.30. The highest BCUT2D eigenvalue weighted by atomic mass is 31.2. The first-order chi connectivity index (χ1) is 33.2. The fraction of sp³-hybridized carbons (Fsp3) is 1.00. The molecule has 15 heteroatoms. The van der Waals surface area contributed by atoms with Crippen molar-refractivity contribution in [2.75, 3.05) is 19.8 Å². The molecule has 0 saturated heterocycles. The van der Waals surface area contributed by atoms with E-state index in [0.717, 1.165) is 57.8 Å². The van der Waals surface area contributed by atoms with Gasteiger partial charge in [0.25, 0.3) is 0 Å². The van der Waals surface area contributed by atoms with Gasteiger partial charge >= 0.3 is 23.5 Å². The molecule has 0 radical (unpaired) electrons. The van der Waals surface area contributed by atoms with Gasteiger partial charge in [-0.25, -0.2) is 13.7 Å². The van der Waals surface area contributed by atoms with Crippen LogP contribution in [0.3, 0.4) is 0 Å². The largest absolute Gasteiger partial charge is 0.469 e. The van der Waals surface area contributed by atoms with Crippen molar-refractivity contribution in [2.45, 2.75) is 329 Å². The minimum Gasteiger partial charge on any atom is -0.303 e. The summed E-state index contributed by atoms with van der Waals surface area (Å²) < 4.78 is 44.6. The van der Waals surface area contributed by atoms with Crippen LogP contribution in [0.1, 0.15) is 329 Å². The molecule has 0 aromatic carbocycles. The molecular formula is C54H117O12P3. The van der Waals surface area contributed by atoms with Crippen molar-refractivity contribution >= 4 is 23.5 Å². The van der Waals surface area contributed by atoms with Crippen LogP contribution in [0.25, 0.3) is 0 Å². The lowest BCUT2D eigenvalue weighted by Crippen LogP contribution is -1.92. The highest BCUT2D eigenvalue weighted by molar-refractivity contribution is 7.46. The smallest absolute Gasteiger partial charge is 0.303 e. The zero-order valence-electron chi connectivity index (χ0n) is 45.5. The van der Waals surface area contributed by atoms with Gasteiger partial charge in [-0.2, -0.15) is 0 Å². The molecule has 0 amide bonds. The molecular weight excluding hydrogens is 934 g/mol. The molecule has 69 heavy (non-hydrogen) atoms. The number of hydrogen-bond acceptors (Lipinski definition) is 6. The predicted molar refractivity (Wildman–Crippen MR) is 293 cm³/mol. The van der Waals surface area contributed by atoms with Gasteiger partial charge in [0.15, 0.2) is 0 Å². The first-order valence-corrected chi connectivity index (χ1v) is 33.9. The number of phosphoric ester groups is 3. The highest BCUT2D eigenvalue weighted by Crippen LogP contribution is 2.37. The summed E-state index contributed by atoms with van der Waals surface area (Å²) in [5.74, 6) is 0. The van der Waals surface area contributed by atoms with Crippen LogP contribution in [0.5, 0.6) is 0 Å². The monoisotopic (exact) mass is 1050 g/mol. The predicted octanol–water partition coefficient (Wildman–Crippen LogP) is 19.1. The van der Waals surface area contributed by atoms with Crippen molar-refractivity contribution < 1.29 is 56.6 Å². The third kappa shape index (κ3) is 82.6. The molecule has 0 heterocycles. The molecule has 6 N–H and O–H groups in total. The van der Waals surface area contributed by atoms with Crippen LogP contribution in [-0.4, -0.2) is 49.2 Å². The third-order valence-electron chi connectivity index (χ3n) is 12.8. The Kier molecular flexibility index (Phi) is 63.1. The van der Waals surface area contributed by atoms with Crippen LogP contribution in [-0.2, 0) is 27.3 Å². The van der Waals surface area contributed by atoms with E-state index in [1.807, 2.05) is 0 Å². The van der Waals surface area contributed by atoms with E-state index in [-0.39, 0.29) is 19.8 Å². The maximum absolute atomic E-state index is 10.5. The van der Waals surface area contributed by atoms with E-state index >= 15 is 0 Å². The average molecular weight is 1050 g/mol. The van der Waals surface area contributed by atoms with Crippen molar-refractivity contribution in [2.24, 2.45) is 0 Å². The van der Waals surface area contributed by atoms with E-state index in [2.05, 4.69) is 34.3 Å². The molecule has 0 saturated carbocycles. The van der Waals surface area contributed by atoms with Gasteiger partial charge in [0, 0.05) is 0 Å². The maximum Gasteiger partial charge on any atom is 0.469 e. The topological polar surface area (TPSA) is 200 Å². The minimum absolute atomic E-state index is 0.169. The van der Waals surface area contributed by atoms with Gasteiger partial charge in [0.05, 0.1) is 19.8 Å². The average Bonchev–Trinajstić information content (AvgIpc) is 3.29. The van der Waals surface area contributed by atoms with Crippen LogP contribution in [0, 0.1) is 0 Å². The zero-order chi connectivity index (χ0) is 51.7. The Morgan fingerprint density at radius 1 is 0.203 bits per heavy atom. The molecule has 0 aliphatic rings. The summed E-state index contributed by atoms with van der Waals surface area (Å²) in [6.07, 6.45) is 62.1. The zero-order valence-corrected chi connectivity index (χ0v) is 48.2. The van der Waals surface area contributed by atoms with Crippen molar-refractivity contribution in [3.8, 4) is 0 Å². The molecule has 0 fully saturated rings. The van der Waals surface area contributed by atoms with Crippen LogP contribution >= 0.6 is 23.5 Å². The normalized spacial score (nSPS) is 12.0. The molecule has 0 rings (SSSR count). The van der Waals surface area contributed by atoms with E-state index in [0.29, 0.717) is 0 Å². The lowest BCUT2D eigenvalue weighted by atomic mass is 10.0. The fourth-order valence-corrected chi connectivity index (χ4v) is 9.60. The van der Waals surface area contributed by atoms with Crippen molar-refractivity contribution in [3.63, 3.8) is 0 Å². The third-order valence-corrected chi connectivity index (χ3v) is 14.3. The minimum atomic E-state index is -4.26. The molecule has 0 aromatic heterocycles. The quantitative estimate of drug-likeness (QED) is 0.0249. The van der Waals surface area contributed by atoms with Crippen molar-refractivity contribution in [3.05, 3.63) is 0 Å². The Labute approximate surface area is 427 Å². The van der Waals surface area contributed by atoms with Crippen molar-refractivity contribution in [1.29, 1.82) is 0 Å². The second-order valence-electron chi connectivity index (χ2n) is 19.9. The molecule has 0 spiro atoms. The van der Waals surface area contributed by atoms with Gasteiger partial charge in [-0.15, -0.1) is 0 Å². The highest BCUT2D eigenvalue weighted by Gasteiger charge is 2.14. The van der Waals surface area contributed by atoms with Crippen molar-refractivity contribution in [1.82, 2.24) is 0 Å². The Morgan fingerprint density at radius 2 is 0.304 bits per heavy atom. The summed E-state index contributed by atoms with van der Waals surface area (Å²) in [7, 11) is -12.8. The van der Waals surface area contributed by atoms with E-state index in [4.69, 9.17) is 29.4 Å². The molecule has 12 nitrogen and oxygen atoms in total. The van der Waals surface area contributed by atoms with Crippen LogP contribution in [0.15, 0.2) is 0 Å². The van der Waals surface area contributed by atoms with Gasteiger partial charge in [-0.3, -0.25) is 13.6 Å². The fourth-order valence-electron chi connectivity index (χ4n) is 8.50. The van der Waals surface area contributed by atoms with Gasteiger partial charge in [-0.1, -0.05) is 310 Å². The van der Waals surface area contributed by atoms with Crippen LogP contribution in [0.4, 0.5) is 0 Å². The molecule has 0 atom stereocenters. The van der Waals surface area contributed by atoms with Crippen LogP contribution in [0.2, 0.25) is 0 Å². The molecule has 0 bridgehead atoms. The summed E-state index contributed by atoms with van der Waals surface area (Å²) in [6, 6.07) is 0. The van der Waals surface area contributed by atoms with E-state index < -0.39 is 23.5 Å². The Bertz CT molecular complexity index is 968. The van der Waals surface area contributed by atoms with E-state index in [1.54, 1.807) is 0 Å². The summed E-state index contributed by atoms with van der Waals surface area (Å²) in [5, 5.41) is 0. The second-order valence-corrected chi connectivity index (χ2v) is 23.6. The molecule has 0 aliphatic carbocycles. The van der Waals surface area contributed by atoms with E-state index in [9.17, 15) is 13.7 Å². The standard InChI is InChI=1S/3C18H39O4P/c3*1-2-3-4-5-6-7-8-9-10-11-12-13-14-15-16-17-18-22-23(19,20)21/h3*2-18H2,1H3,(H2,19,20,21). The number of unbranched alkanes of at least 4 members (excludes halogenated alkanes) is 45. The van der Waals surface area contributed by atoms with Gasteiger partial charge in [0.1, 0.15) is 0 Å². The lowest BCUT2D eigenvalue weighted by molar-refractivity contribution is 0.191. The molecule has 420 valence electrons. The summed E-state index contributed by atoms with van der Waals surface area (Å²) in [4.78, 5) is 51.2. The van der Waals surface area contributed by atoms with Gasteiger partial charge in [-0.05, 0) is 19.3 Å². The summed E-state index contributed by atoms with van der Waals surface area (Å²) >= 11 is 0. The molecule has 0 aromatic rings. The number of hydrogen-bond donors (Lipinski definition) is 6. The van der Waals surface area contributed by atoms with Gasteiger partial charge in [0.2, 0.25) is 0 Å². The molecule has 0 aliphatic heterocycles. The molecule has 0 unspecified atom stereocenters. The first kappa shape index (κ1) is 73.6. The van der Waals surface area contributed by atoms with Gasteiger partial charge < -0.3 is 29.4 Å². The second kappa shape index (κ2) is 59.2. The summed E-state index contributed by atoms with van der Waals surface area (Å²) in [5.41, 5.74) is 0. The number of phosphoric acid groups is 3.